The van der Waals surface area contributed by atoms with Gasteiger partial charge in [-0.05, 0) is 17.7 Å². The van der Waals surface area contributed by atoms with Crippen LogP contribution in [0.1, 0.15) is 16.1 Å². The SMILES string of the molecule is O=C(NCc1ccccc1-n1cccn1)c1cnccn1. The molecule has 0 aliphatic heterocycles. The molecule has 3 rings (SSSR count). The molecule has 1 aromatic carbocycles. The van der Waals surface area contributed by atoms with Gasteiger partial charge < -0.3 is 5.32 Å². The number of nitrogens with zero attached hydrogens (tertiary/aromatic N) is 4. The van der Waals surface area contributed by atoms with Gasteiger partial charge in [-0.25, -0.2) is 9.67 Å². The molecule has 0 fully saturated rings. The number of aromatic nitrogens is 4. The molecule has 6 nitrogen and oxygen atoms in total. The summed E-state index contributed by atoms with van der Waals surface area (Å²) in [5.74, 6) is -0.252. The van der Waals surface area contributed by atoms with Gasteiger partial charge in [0.15, 0.2) is 0 Å². The predicted molar refractivity (Wildman–Crippen MR) is 76.8 cm³/mol. The molecule has 0 radical (unpaired) electrons. The number of rotatable bonds is 4. The second-order valence-corrected chi connectivity index (χ2v) is 4.35. The maximum atomic E-state index is 12.0. The van der Waals surface area contributed by atoms with Gasteiger partial charge >= 0.3 is 0 Å². The van der Waals surface area contributed by atoms with E-state index in [1.807, 2.05) is 36.5 Å². The van der Waals surface area contributed by atoms with Crippen molar-refractivity contribution in [3.05, 3.63) is 72.6 Å². The normalized spacial score (nSPS) is 10.3. The number of nitrogens with one attached hydrogen (secondary N) is 1. The van der Waals surface area contributed by atoms with E-state index in [2.05, 4.69) is 20.4 Å². The van der Waals surface area contributed by atoms with Gasteiger partial charge in [-0.3, -0.25) is 9.78 Å². The number of para-hydroxylation sites is 1. The van der Waals surface area contributed by atoms with Crippen molar-refractivity contribution in [1.29, 1.82) is 0 Å². The summed E-state index contributed by atoms with van der Waals surface area (Å²) in [7, 11) is 0. The van der Waals surface area contributed by atoms with Crippen molar-refractivity contribution < 1.29 is 4.79 Å². The highest BCUT2D eigenvalue weighted by Crippen LogP contribution is 2.13. The van der Waals surface area contributed by atoms with Gasteiger partial charge in [0.2, 0.25) is 0 Å². The Hall–Kier alpha value is -3.02. The van der Waals surface area contributed by atoms with Gasteiger partial charge in [0.05, 0.1) is 11.9 Å². The van der Waals surface area contributed by atoms with E-state index < -0.39 is 0 Å². The number of benzene rings is 1. The van der Waals surface area contributed by atoms with Crippen LogP contribution in [0.4, 0.5) is 0 Å². The number of hydrogen-bond acceptors (Lipinski definition) is 4. The molecule has 0 aliphatic rings. The van der Waals surface area contributed by atoms with E-state index in [0.717, 1.165) is 11.3 Å². The minimum absolute atomic E-state index is 0.252. The smallest absolute Gasteiger partial charge is 0.271 e. The Balaban J connectivity index is 1.76. The topological polar surface area (TPSA) is 72.7 Å². The van der Waals surface area contributed by atoms with Crippen molar-refractivity contribution in [2.75, 3.05) is 0 Å². The Kier molecular flexibility index (Phi) is 3.68. The van der Waals surface area contributed by atoms with Crippen LogP contribution < -0.4 is 5.32 Å². The van der Waals surface area contributed by atoms with Gasteiger partial charge in [0.1, 0.15) is 5.69 Å². The average Bonchev–Trinajstić information content (AvgIpc) is 3.08. The molecule has 1 amide bonds. The monoisotopic (exact) mass is 279 g/mol. The standard InChI is InChI=1S/C15H13N5O/c21-15(13-11-16-7-8-17-13)18-10-12-4-1-2-5-14(12)20-9-3-6-19-20/h1-9,11H,10H2,(H,18,21). The fourth-order valence-corrected chi connectivity index (χ4v) is 1.98. The molecule has 104 valence electrons. The molecule has 0 atom stereocenters. The zero-order valence-electron chi connectivity index (χ0n) is 11.2. The van der Waals surface area contributed by atoms with E-state index in [4.69, 9.17) is 0 Å². The summed E-state index contributed by atoms with van der Waals surface area (Å²) >= 11 is 0. The fourth-order valence-electron chi connectivity index (χ4n) is 1.98. The van der Waals surface area contributed by atoms with Crippen molar-refractivity contribution in [2.24, 2.45) is 0 Å². The summed E-state index contributed by atoms with van der Waals surface area (Å²) in [6, 6.07) is 9.63. The van der Waals surface area contributed by atoms with Crippen molar-refractivity contribution >= 4 is 5.91 Å². The Morgan fingerprint density at radius 3 is 2.81 bits per heavy atom. The molecule has 0 saturated heterocycles. The number of amides is 1. The molecule has 0 spiro atoms. The van der Waals surface area contributed by atoms with Crippen LogP contribution in [0.2, 0.25) is 0 Å². The highest BCUT2D eigenvalue weighted by atomic mass is 16.1. The summed E-state index contributed by atoms with van der Waals surface area (Å²) in [5, 5.41) is 7.05. The molecule has 2 aromatic heterocycles. The van der Waals surface area contributed by atoms with Crippen LogP contribution in [-0.4, -0.2) is 25.7 Å². The fraction of sp³-hybridized carbons (Fsp3) is 0.0667. The minimum Gasteiger partial charge on any atom is -0.346 e. The third-order valence-electron chi connectivity index (χ3n) is 2.98. The Morgan fingerprint density at radius 1 is 1.14 bits per heavy atom. The second kappa shape index (κ2) is 5.96. The zero-order valence-corrected chi connectivity index (χ0v) is 11.2. The van der Waals surface area contributed by atoms with Crippen molar-refractivity contribution in [1.82, 2.24) is 25.1 Å². The van der Waals surface area contributed by atoms with Crippen molar-refractivity contribution in [2.45, 2.75) is 6.54 Å². The third-order valence-corrected chi connectivity index (χ3v) is 2.98. The zero-order chi connectivity index (χ0) is 14.5. The quantitative estimate of drug-likeness (QED) is 0.787. The van der Waals surface area contributed by atoms with Gasteiger partial charge in [0.25, 0.3) is 5.91 Å². The maximum absolute atomic E-state index is 12.0. The van der Waals surface area contributed by atoms with E-state index in [-0.39, 0.29) is 5.91 Å². The molecular formula is C15H13N5O. The molecule has 21 heavy (non-hydrogen) atoms. The Bertz CT molecular complexity index is 725. The summed E-state index contributed by atoms with van der Waals surface area (Å²) in [6.07, 6.45) is 8.05. The number of carbonyl (C=O) groups excluding carboxylic acids is 1. The first-order valence-electron chi connectivity index (χ1n) is 6.47. The molecule has 0 saturated carbocycles. The third kappa shape index (κ3) is 2.94. The molecule has 0 bridgehead atoms. The number of hydrogen-bond donors (Lipinski definition) is 1. The summed E-state index contributed by atoms with van der Waals surface area (Å²) in [5.41, 5.74) is 2.20. The Labute approximate surface area is 121 Å². The maximum Gasteiger partial charge on any atom is 0.271 e. The lowest BCUT2D eigenvalue weighted by Crippen LogP contribution is -2.24. The van der Waals surface area contributed by atoms with Gasteiger partial charge in [-0.1, -0.05) is 18.2 Å². The van der Waals surface area contributed by atoms with E-state index in [0.29, 0.717) is 12.2 Å². The van der Waals surface area contributed by atoms with Gasteiger partial charge in [-0.15, -0.1) is 0 Å². The molecule has 3 aromatic rings. The highest BCUT2D eigenvalue weighted by Gasteiger charge is 2.09. The molecule has 1 N–H and O–H groups in total. The van der Waals surface area contributed by atoms with Gasteiger partial charge in [0, 0.05) is 31.3 Å². The van der Waals surface area contributed by atoms with Crippen LogP contribution >= 0.6 is 0 Å². The van der Waals surface area contributed by atoms with E-state index in [1.54, 1.807) is 10.9 Å². The lowest BCUT2D eigenvalue weighted by atomic mass is 10.1. The first-order chi connectivity index (χ1) is 10.3. The summed E-state index contributed by atoms with van der Waals surface area (Å²) in [4.78, 5) is 19.8. The summed E-state index contributed by atoms with van der Waals surface area (Å²) < 4.78 is 1.77. The van der Waals surface area contributed by atoms with Crippen molar-refractivity contribution in [3.8, 4) is 5.69 Å². The second-order valence-electron chi connectivity index (χ2n) is 4.35. The first-order valence-corrected chi connectivity index (χ1v) is 6.47. The van der Waals surface area contributed by atoms with Crippen LogP contribution in [0.5, 0.6) is 0 Å². The summed E-state index contributed by atoms with van der Waals surface area (Å²) in [6.45, 7) is 0.394. The van der Waals surface area contributed by atoms with Crippen LogP contribution in [0, 0.1) is 0 Å². The van der Waals surface area contributed by atoms with E-state index >= 15 is 0 Å². The van der Waals surface area contributed by atoms with Crippen LogP contribution in [0.15, 0.2) is 61.3 Å². The highest BCUT2D eigenvalue weighted by molar-refractivity contribution is 5.91. The molecule has 0 aliphatic carbocycles. The molecule has 2 heterocycles. The van der Waals surface area contributed by atoms with E-state index in [1.165, 1.54) is 18.6 Å². The average molecular weight is 279 g/mol. The van der Waals surface area contributed by atoms with Crippen LogP contribution in [0.3, 0.4) is 0 Å². The lowest BCUT2D eigenvalue weighted by Gasteiger charge is -2.10. The van der Waals surface area contributed by atoms with Crippen LogP contribution in [-0.2, 0) is 6.54 Å². The number of carbonyl (C=O) groups is 1. The van der Waals surface area contributed by atoms with Gasteiger partial charge in [-0.2, -0.15) is 5.10 Å². The molecule has 6 heteroatoms. The minimum atomic E-state index is -0.252. The lowest BCUT2D eigenvalue weighted by molar-refractivity contribution is 0.0945. The predicted octanol–water partition coefficient (Wildman–Crippen LogP) is 1.59. The largest absolute Gasteiger partial charge is 0.346 e. The molecular weight excluding hydrogens is 266 g/mol. The Morgan fingerprint density at radius 2 is 2.05 bits per heavy atom. The first kappa shape index (κ1) is 13.0. The molecule has 0 unspecified atom stereocenters. The van der Waals surface area contributed by atoms with E-state index in [9.17, 15) is 4.79 Å². The van der Waals surface area contributed by atoms with Crippen molar-refractivity contribution in [3.63, 3.8) is 0 Å². The van der Waals surface area contributed by atoms with Crippen LogP contribution in [0.25, 0.3) is 5.69 Å².